The molecule has 0 saturated carbocycles. The predicted octanol–water partition coefficient (Wildman–Crippen LogP) is 5.57. The molecule has 9 heteroatoms. The van der Waals surface area contributed by atoms with Crippen molar-refractivity contribution in [2.45, 2.75) is 19.9 Å². The van der Waals surface area contributed by atoms with Crippen molar-refractivity contribution in [1.82, 2.24) is 14.5 Å². The maximum Gasteiger partial charge on any atom is 0.228 e. The van der Waals surface area contributed by atoms with E-state index in [0.717, 1.165) is 34.9 Å². The molecule has 4 aromatic rings. The van der Waals surface area contributed by atoms with Crippen molar-refractivity contribution in [3.05, 3.63) is 102 Å². The highest BCUT2D eigenvalue weighted by atomic mass is 32.2. The predicted molar refractivity (Wildman–Crippen MR) is 147 cm³/mol. The molecule has 2 N–H and O–H groups in total. The van der Waals surface area contributed by atoms with Gasteiger partial charge in [0.25, 0.3) is 0 Å². The Bertz CT molecular complexity index is 1290. The Morgan fingerprint density at radius 3 is 2.41 bits per heavy atom. The zero-order valence-corrected chi connectivity index (χ0v) is 22.1. The second-order valence-corrected chi connectivity index (χ2v) is 8.73. The molecule has 0 atom stereocenters. The molecule has 0 aliphatic carbocycles. The van der Waals surface area contributed by atoms with Crippen LogP contribution in [-0.2, 0) is 17.8 Å². The molecule has 1 amide bonds. The molecule has 0 fully saturated rings. The van der Waals surface area contributed by atoms with Gasteiger partial charge in [-0.05, 0) is 60.7 Å². The quantitative estimate of drug-likeness (QED) is 0.280. The van der Waals surface area contributed by atoms with Gasteiger partial charge in [0.15, 0.2) is 0 Å². The topological polar surface area (TPSA) is 77.4 Å². The highest BCUT2D eigenvalue weighted by Gasteiger charge is 2.08. The van der Waals surface area contributed by atoms with Crippen LogP contribution in [0, 0.1) is 12.7 Å². The molecule has 37 heavy (non-hydrogen) atoms. The first kappa shape index (κ1) is 27.8. The Balaban J connectivity index is 0.000000233. The molecule has 1 heterocycles. The third-order valence-corrected chi connectivity index (χ3v) is 5.77. The number of carbonyl (C=O) groups is 1. The Kier molecular flexibility index (Phi) is 10.5. The van der Waals surface area contributed by atoms with Crippen molar-refractivity contribution >= 4 is 23.5 Å². The number of hydrogen-bond donors (Lipinski definition) is 2. The smallest absolute Gasteiger partial charge is 0.228 e. The minimum absolute atomic E-state index is 0.00672. The summed E-state index contributed by atoms with van der Waals surface area (Å²) in [5.41, 5.74) is 4.16. The second kappa shape index (κ2) is 14.1. The number of halogens is 1. The Labute approximate surface area is 221 Å². The van der Waals surface area contributed by atoms with Gasteiger partial charge in [-0.1, -0.05) is 36.2 Å². The number of ether oxygens (including phenoxy) is 2. The molecule has 0 aliphatic heterocycles. The number of methoxy groups -OCH3 is 2. The molecule has 0 saturated heterocycles. The van der Waals surface area contributed by atoms with Crippen molar-refractivity contribution in [3.63, 3.8) is 0 Å². The third-order valence-electron chi connectivity index (χ3n) is 5.34. The average Bonchev–Trinajstić information content (AvgIpc) is 3.35. The number of rotatable bonds is 9. The fourth-order valence-electron chi connectivity index (χ4n) is 3.42. The second-order valence-electron chi connectivity index (χ2n) is 8.03. The number of hydrogen-bond acceptors (Lipinski definition) is 6. The zero-order valence-electron chi connectivity index (χ0n) is 21.3. The van der Waals surface area contributed by atoms with E-state index in [4.69, 9.17) is 9.47 Å². The van der Waals surface area contributed by atoms with Crippen LogP contribution in [0.5, 0.6) is 11.5 Å². The Hall–Kier alpha value is -3.82. The first-order valence-corrected chi connectivity index (χ1v) is 12.8. The van der Waals surface area contributed by atoms with Crippen LogP contribution in [0.4, 0.5) is 10.1 Å². The van der Waals surface area contributed by atoms with Gasteiger partial charge in [0.2, 0.25) is 5.91 Å². The molecule has 0 unspecified atom stereocenters. The third kappa shape index (κ3) is 8.37. The molecule has 7 nitrogen and oxygen atoms in total. The van der Waals surface area contributed by atoms with E-state index in [2.05, 4.69) is 15.1 Å². The first-order valence-electron chi connectivity index (χ1n) is 11.5. The molecular formula is C28H31FN4O3S. The van der Waals surface area contributed by atoms with Crippen LogP contribution in [-0.4, -0.2) is 36.2 Å². The summed E-state index contributed by atoms with van der Waals surface area (Å²) in [6.45, 7) is 2.76. The summed E-state index contributed by atoms with van der Waals surface area (Å²) in [7, 11) is 3.31. The monoisotopic (exact) mass is 522 g/mol. The molecular weight excluding hydrogens is 491 g/mol. The normalized spacial score (nSPS) is 10.3. The fourth-order valence-corrected chi connectivity index (χ4v) is 3.72. The SMILES string of the molecule is COc1ccc(CNSC)c(OC)c1.Cc1cnn(-c2ccc(NC(=O)Cc3ccccc3F)cc2)c1. The maximum absolute atomic E-state index is 13.5. The molecule has 3 aromatic carbocycles. The van der Waals surface area contributed by atoms with Crippen LogP contribution >= 0.6 is 11.9 Å². The summed E-state index contributed by atoms with van der Waals surface area (Å²) in [6.07, 6.45) is 5.71. The highest BCUT2D eigenvalue weighted by molar-refractivity contribution is 7.96. The summed E-state index contributed by atoms with van der Waals surface area (Å²) >= 11 is 1.59. The van der Waals surface area contributed by atoms with Crippen molar-refractivity contribution in [1.29, 1.82) is 0 Å². The van der Waals surface area contributed by atoms with Gasteiger partial charge in [0.1, 0.15) is 17.3 Å². The number of amides is 1. The lowest BCUT2D eigenvalue weighted by molar-refractivity contribution is -0.115. The Morgan fingerprint density at radius 1 is 1.03 bits per heavy atom. The first-order chi connectivity index (χ1) is 17.9. The number of nitrogens with one attached hydrogen (secondary N) is 2. The summed E-state index contributed by atoms with van der Waals surface area (Å²) < 4.78 is 28.8. The zero-order chi connectivity index (χ0) is 26.6. The van der Waals surface area contributed by atoms with E-state index in [0.29, 0.717) is 11.3 Å². The van der Waals surface area contributed by atoms with Gasteiger partial charge in [-0.3, -0.25) is 9.52 Å². The van der Waals surface area contributed by atoms with Gasteiger partial charge in [-0.2, -0.15) is 5.10 Å². The standard InChI is InChI=1S/C18H16FN3O.C10H15NO2S/c1-13-11-20-22(12-13)16-8-6-15(7-9-16)21-18(23)10-14-4-2-3-5-17(14)19;1-12-9-5-4-8(7-11-14-3)10(6-9)13-2/h2-9,11-12H,10H2,1H3,(H,21,23);4-6,11H,7H2,1-3H3. The lowest BCUT2D eigenvalue weighted by atomic mass is 10.1. The van der Waals surface area contributed by atoms with Crippen LogP contribution in [0.15, 0.2) is 79.1 Å². The fraction of sp³-hybridized carbons (Fsp3) is 0.214. The van der Waals surface area contributed by atoms with E-state index < -0.39 is 0 Å². The molecule has 0 bridgehead atoms. The van der Waals surface area contributed by atoms with Gasteiger partial charge >= 0.3 is 0 Å². The lowest BCUT2D eigenvalue weighted by Gasteiger charge is -2.09. The van der Waals surface area contributed by atoms with E-state index in [1.807, 2.05) is 49.7 Å². The summed E-state index contributed by atoms with van der Waals surface area (Å²) in [5.74, 6) is 1.05. The number of benzene rings is 3. The molecule has 0 spiro atoms. The van der Waals surface area contributed by atoms with Gasteiger partial charge in [0.05, 0.1) is 32.5 Å². The minimum Gasteiger partial charge on any atom is -0.497 e. The van der Waals surface area contributed by atoms with E-state index in [9.17, 15) is 9.18 Å². The van der Waals surface area contributed by atoms with Gasteiger partial charge in [-0.15, -0.1) is 0 Å². The molecule has 4 rings (SSSR count). The van der Waals surface area contributed by atoms with Crippen LogP contribution in [0.2, 0.25) is 0 Å². The number of carbonyl (C=O) groups excluding carboxylic acids is 1. The number of nitrogens with zero attached hydrogens (tertiary/aromatic N) is 2. The van der Waals surface area contributed by atoms with Crippen molar-refractivity contribution in [3.8, 4) is 17.2 Å². The van der Waals surface area contributed by atoms with E-state index in [1.54, 1.807) is 67.4 Å². The number of aryl methyl sites for hydroxylation is 1. The number of aromatic nitrogens is 2. The molecule has 1 aromatic heterocycles. The summed E-state index contributed by atoms with van der Waals surface area (Å²) in [4.78, 5) is 12.0. The van der Waals surface area contributed by atoms with E-state index >= 15 is 0 Å². The average molecular weight is 523 g/mol. The van der Waals surface area contributed by atoms with E-state index in [-0.39, 0.29) is 18.1 Å². The van der Waals surface area contributed by atoms with E-state index in [1.165, 1.54) is 6.07 Å². The maximum atomic E-state index is 13.5. The highest BCUT2D eigenvalue weighted by Crippen LogP contribution is 2.24. The summed E-state index contributed by atoms with van der Waals surface area (Å²) in [5, 5.41) is 7.00. The number of anilines is 1. The Morgan fingerprint density at radius 2 is 1.78 bits per heavy atom. The van der Waals surface area contributed by atoms with Crippen molar-refractivity contribution < 1.29 is 18.7 Å². The van der Waals surface area contributed by atoms with Gasteiger partial charge in [0, 0.05) is 30.1 Å². The minimum atomic E-state index is -0.368. The van der Waals surface area contributed by atoms with Crippen LogP contribution in [0.3, 0.4) is 0 Å². The van der Waals surface area contributed by atoms with Crippen molar-refractivity contribution in [2.75, 3.05) is 25.8 Å². The molecule has 0 aliphatic rings. The largest absolute Gasteiger partial charge is 0.497 e. The van der Waals surface area contributed by atoms with Crippen LogP contribution in [0.25, 0.3) is 5.69 Å². The summed E-state index contributed by atoms with van der Waals surface area (Å²) in [6, 6.07) is 19.4. The molecule has 194 valence electrons. The van der Waals surface area contributed by atoms with Crippen LogP contribution < -0.4 is 19.5 Å². The molecule has 0 radical (unpaired) electrons. The van der Waals surface area contributed by atoms with Crippen molar-refractivity contribution in [2.24, 2.45) is 0 Å². The van der Waals surface area contributed by atoms with Crippen LogP contribution in [0.1, 0.15) is 16.7 Å². The van der Waals surface area contributed by atoms with Gasteiger partial charge in [-0.25, -0.2) is 9.07 Å². The lowest BCUT2D eigenvalue weighted by Crippen LogP contribution is -2.15. The van der Waals surface area contributed by atoms with Gasteiger partial charge < -0.3 is 14.8 Å².